The second-order valence-electron chi connectivity index (χ2n) is 5.11. The zero-order chi connectivity index (χ0) is 13.2. The summed E-state index contributed by atoms with van der Waals surface area (Å²) in [6.45, 7) is 0. The van der Waals surface area contributed by atoms with Crippen LogP contribution in [0, 0.1) is 0 Å². The highest BCUT2D eigenvalue weighted by atomic mass is 35.5. The Hall–Kier alpha value is -1.06. The number of rotatable bonds is 2. The summed E-state index contributed by atoms with van der Waals surface area (Å²) in [4.78, 5) is 5.90. The molecule has 0 radical (unpaired) electrons. The summed E-state index contributed by atoms with van der Waals surface area (Å²) in [5, 5.41) is 1.43. The quantitative estimate of drug-likeness (QED) is 0.837. The van der Waals surface area contributed by atoms with Crippen molar-refractivity contribution in [1.82, 2.24) is 4.98 Å². The third-order valence-electron chi connectivity index (χ3n) is 3.76. The van der Waals surface area contributed by atoms with Crippen LogP contribution in [0.25, 0.3) is 11.3 Å². The third kappa shape index (κ3) is 2.77. The first-order valence-electron chi connectivity index (χ1n) is 6.76. The van der Waals surface area contributed by atoms with Crippen LogP contribution < -0.4 is 5.73 Å². The van der Waals surface area contributed by atoms with Crippen molar-refractivity contribution in [3.05, 3.63) is 34.2 Å². The molecule has 0 unspecified atom stereocenters. The van der Waals surface area contributed by atoms with E-state index in [1.165, 1.54) is 37.0 Å². The van der Waals surface area contributed by atoms with E-state index in [2.05, 4.69) is 4.98 Å². The fourth-order valence-electron chi connectivity index (χ4n) is 2.81. The van der Waals surface area contributed by atoms with E-state index in [9.17, 15) is 0 Å². The summed E-state index contributed by atoms with van der Waals surface area (Å²) in [6, 6.07) is 7.89. The summed E-state index contributed by atoms with van der Waals surface area (Å²) in [5.41, 5.74) is 8.12. The molecule has 4 heteroatoms. The number of nitrogens with two attached hydrogens (primary N) is 1. The van der Waals surface area contributed by atoms with Gasteiger partial charge in [0.15, 0.2) is 5.13 Å². The van der Waals surface area contributed by atoms with E-state index in [0.717, 1.165) is 16.3 Å². The van der Waals surface area contributed by atoms with Gasteiger partial charge in [0.2, 0.25) is 0 Å². The minimum Gasteiger partial charge on any atom is -0.375 e. The fourth-order valence-corrected chi connectivity index (χ4v) is 3.96. The number of nitrogen functional groups attached to an aromatic ring is 1. The Morgan fingerprint density at radius 1 is 1.11 bits per heavy atom. The number of hydrogen-bond acceptors (Lipinski definition) is 3. The minimum atomic E-state index is 0.634. The number of thiazole rings is 1. The molecule has 0 aliphatic heterocycles. The van der Waals surface area contributed by atoms with E-state index in [1.54, 1.807) is 11.3 Å². The Morgan fingerprint density at radius 3 is 2.47 bits per heavy atom. The van der Waals surface area contributed by atoms with Gasteiger partial charge >= 0.3 is 0 Å². The molecule has 1 aromatic heterocycles. The molecule has 1 aliphatic carbocycles. The number of hydrogen-bond donors (Lipinski definition) is 1. The molecular weight excluding hydrogens is 276 g/mol. The molecular formula is C15H17ClN2S. The molecule has 1 aromatic carbocycles. The van der Waals surface area contributed by atoms with Gasteiger partial charge in [0, 0.05) is 15.5 Å². The van der Waals surface area contributed by atoms with Crippen LogP contribution in [0.3, 0.4) is 0 Å². The normalized spacial score (nSPS) is 16.7. The van der Waals surface area contributed by atoms with Crippen molar-refractivity contribution in [1.29, 1.82) is 0 Å². The second kappa shape index (κ2) is 5.51. The molecule has 1 fully saturated rings. The lowest BCUT2D eigenvalue weighted by atomic mass is 9.87. The lowest BCUT2D eigenvalue weighted by molar-refractivity contribution is 0.448. The Kier molecular flexibility index (Phi) is 3.76. The van der Waals surface area contributed by atoms with Gasteiger partial charge in [-0.3, -0.25) is 0 Å². The van der Waals surface area contributed by atoms with Crippen LogP contribution in [0.4, 0.5) is 5.13 Å². The average Bonchev–Trinajstić information content (AvgIpc) is 2.83. The molecule has 2 N–H and O–H groups in total. The Balaban J connectivity index is 1.98. The smallest absolute Gasteiger partial charge is 0.180 e. The summed E-state index contributed by atoms with van der Waals surface area (Å²) < 4.78 is 0. The molecule has 0 spiro atoms. The molecule has 1 heterocycles. The highest BCUT2D eigenvalue weighted by Crippen LogP contribution is 2.42. The van der Waals surface area contributed by atoms with E-state index in [-0.39, 0.29) is 0 Å². The van der Waals surface area contributed by atoms with Crippen molar-refractivity contribution in [3.63, 3.8) is 0 Å². The maximum atomic E-state index is 5.95. The molecule has 1 saturated carbocycles. The summed E-state index contributed by atoms with van der Waals surface area (Å²) in [6.07, 6.45) is 6.54. The number of halogens is 1. The highest BCUT2D eigenvalue weighted by molar-refractivity contribution is 7.15. The van der Waals surface area contributed by atoms with Crippen LogP contribution in [-0.2, 0) is 0 Å². The van der Waals surface area contributed by atoms with Gasteiger partial charge in [0.05, 0.1) is 5.69 Å². The molecule has 19 heavy (non-hydrogen) atoms. The van der Waals surface area contributed by atoms with Gasteiger partial charge < -0.3 is 5.73 Å². The molecule has 0 bridgehead atoms. The largest absolute Gasteiger partial charge is 0.375 e. The van der Waals surface area contributed by atoms with Gasteiger partial charge in [-0.1, -0.05) is 43.0 Å². The molecule has 2 nitrogen and oxygen atoms in total. The van der Waals surface area contributed by atoms with Crippen LogP contribution in [0.5, 0.6) is 0 Å². The van der Waals surface area contributed by atoms with E-state index in [1.807, 2.05) is 24.3 Å². The van der Waals surface area contributed by atoms with Crippen LogP contribution in [0.1, 0.15) is 42.9 Å². The van der Waals surface area contributed by atoms with Gasteiger partial charge in [0.1, 0.15) is 0 Å². The van der Waals surface area contributed by atoms with E-state index in [0.29, 0.717) is 11.0 Å². The molecule has 3 rings (SSSR count). The van der Waals surface area contributed by atoms with Gasteiger partial charge in [-0.15, -0.1) is 11.3 Å². The van der Waals surface area contributed by atoms with Crippen LogP contribution in [-0.4, -0.2) is 4.98 Å². The Labute approximate surface area is 122 Å². The molecule has 0 saturated heterocycles. The van der Waals surface area contributed by atoms with Gasteiger partial charge in [-0.2, -0.15) is 0 Å². The van der Waals surface area contributed by atoms with E-state index in [4.69, 9.17) is 17.3 Å². The van der Waals surface area contributed by atoms with Crippen molar-refractivity contribution in [2.75, 3.05) is 5.73 Å². The predicted molar refractivity (Wildman–Crippen MR) is 82.8 cm³/mol. The van der Waals surface area contributed by atoms with E-state index < -0.39 is 0 Å². The topological polar surface area (TPSA) is 38.9 Å². The molecule has 100 valence electrons. The number of aromatic nitrogens is 1. The lowest BCUT2D eigenvalue weighted by Gasteiger charge is -2.21. The summed E-state index contributed by atoms with van der Waals surface area (Å²) in [7, 11) is 0. The number of benzene rings is 1. The zero-order valence-electron chi connectivity index (χ0n) is 10.7. The zero-order valence-corrected chi connectivity index (χ0v) is 12.3. The van der Waals surface area contributed by atoms with Crippen molar-refractivity contribution < 1.29 is 0 Å². The average molecular weight is 293 g/mol. The number of nitrogens with zero attached hydrogens (tertiary/aromatic N) is 1. The predicted octanol–water partition coefficient (Wildman–Crippen LogP) is 5.09. The molecule has 2 aromatic rings. The Bertz CT molecular complexity index is 556. The summed E-state index contributed by atoms with van der Waals surface area (Å²) in [5.74, 6) is 0.634. The first-order chi connectivity index (χ1) is 9.24. The van der Waals surface area contributed by atoms with Crippen LogP contribution >= 0.6 is 22.9 Å². The second-order valence-corrected chi connectivity index (χ2v) is 6.61. The monoisotopic (exact) mass is 292 g/mol. The first kappa shape index (κ1) is 12.9. The first-order valence-corrected chi connectivity index (χ1v) is 7.95. The Morgan fingerprint density at radius 2 is 1.79 bits per heavy atom. The number of anilines is 1. The van der Waals surface area contributed by atoms with Crippen molar-refractivity contribution >= 4 is 28.1 Å². The van der Waals surface area contributed by atoms with Crippen molar-refractivity contribution in [2.24, 2.45) is 0 Å². The lowest BCUT2D eigenvalue weighted by Crippen LogP contribution is -2.04. The standard InChI is InChI=1S/C15H17ClN2S/c16-12-8-6-10(7-9-12)13-14(19-15(17)18-13)11-4-2-1-3-5-11/h6-9,11H,1-5H2,(H2,17,18). The van der Waals surface area contributed by atoms with Crippen LogP contribution in [0.15, 0.2) is 24.3 Å². The highest BCUT2D eigenvalue weighted by Gasteiger charge is 2.22. The van der Waals surface area contributed by atoms with Gasteiger partial charge in [-0.05, 0) is 30.9 Å². The van der Waals surface area contributed by atoms with E-state index >= 15 is 0 Å². The maximum Gasteiger partial charge on any atom is 0.180 e. The molecule has 0 atom stereocenters. The maximum absolute atomic E-state index is 5.95. The fraction of sp³-hybridized carbons (Fsp3) is 0.400. The van der Waals surface area contributed by atoms with Crippen LogP contribution in [0.2, 0.25) is 5.02 Å². The van der Waals surface area contributed by atoms with Gasteiger partial charge in [0.25, 0.3) is 0 Å². The minimum absolute atomic E-state index is 0.634. The SMILES string of the molecule is Nc1nc(-c2ccc(Cl)cc2)c(C2CCCCC2)s1. The molecule has 1 aliphatic rings. The molecule has 0 amide bonds. The van der Waals surface area contributed by atoms with Crippen molar-refractivity contribution in [3.8, 4) is 11.3 Å². The van der Waals surface area contributed by atoms with Gasteiger partial charge in [-0.25, -0.2) is 4.98 Å². The summed E-state index contributed by atoms with van der Waals surface area (Å²) >= 11 is 7.60. The van der Waals surface area contributed by atoms with Crippen molar-refractivity contribution in [2.45, 2.75) is 38.0 Å². The third-order valence-corrected chi connectivity index (χ3v) is 5.06.